The summed E-state index contributed by atoms with van der Waals surface area (Å²) >= 11 is 5.96. The number of fused-ring (bicyclic) bond motifs is 1. The number of halogens is 1. The van der Waals surface area contributed by atoms with Crippen LogP contribution in [0.5, 0.6) is 0 Å². The van der Waals surface area contributed by atoms with Crippen molar-refractivity contribution in [2.24, 2.45) is 0 Å². The molecule has 1 aliphatic heterocycles. The monoisotopic (exact) mass is 515 g/mol. The molecule has 0 bridgehead atoms. The Morgan fingerprint density at radius 1 is 0.973 bits per heavy atom. The van der Waals surface area contributed by atoms with E-state index in [-0.39, 0.29) is 6.03 Å². The van der Waals surface area contributed by atoms with E-state index in [9.17, 15) is 4.79 Å². The SMILES string of the molecule is CCc1nc2c(C)cc(-c3ccc(CN4CCCCC4)cc3)cn2c1NC(=O)NCc1ccc(Cl)cc1. The smallest absolute Gasteiger partial charge is 0.320 e. The van der Waals surface area contributed by atoms with Crippen molar-refractivity contribution in [3.05, 3.63) is 88.2 Å². The van der Waals surface area contributed by atoms with Gasteiger partial charge >= 0.3 is 6.03 Å². The number of carbonyl (C=O) groups is 1. The Bertz CT molecular complexity index is 1370. The Hall–Kier alpha value is -3.35. The zero-order chi connectivity index (χ0) is 25.8. The number of anilines is 1. The highest BCUT2D eigenvalue weighted by Crippen LogP contribution is 2.28. The predicted octanol–water partition coefficient (Wildman–Crippen LogP) is 6.83. The summed E-state index contributed by atoms with van der Waals surface area (Å²) in [5.41, 5.74) is 7.36. The topological polar surface area (TPSA) is 61.7 Å². The second-order valence-corrected chi connectivity index (χ2v) is 10.3. The summed E-state index contributed by atoms with van der Waals surface area (Å²) in [6.45, 7) is 7.94. The van der Waals surface area contributed by atoms with Crippen LogP contribution >= 0.6 is 11.6 Å². The average molecular weight is 516 g/mol. The third kappa shape index (κ3) is 5.97. The molecular formula is C30H34ClN5O. The van der Waals surface area contributed by atoms with E-state index in [4.69, 9.17) is 16.6 Å². The standard InChI is InChI=1S/C30H34ClN5O/c1-3-27-29(34-30(37)32-18-22-9-13-26(31)14-10-22)36-20-25(17-21(2)28(36)33-27)24-11-7-23(8-12-24)19-35-15-5-4-6-16-35/h7-14,17,20H,3-6,15-16,18-19H2,1-2H3,(H2,32,34,37). The zero-order valence-corrected chi connectivity index (χ0v) is 22.3. The van der Waals surface area contributed by atoms with E-state index in [1.165, 1.54) is 37.9 Å². The number of urea groups is 1. The molecule has 0 spiro atoms. The highest BCUT2D eigenvalue weighted by molar-refractivity contribution is 6.30. The van der Waals surface area contributed by atoms with Gasteiger partial charge in [-0.15, -0.1) is 0 Å². The lowest BCUT2D eigenvalue weighted by atomic mass is 10.0. The number of nitrogens with zero attached hydrogens (tertiary/aromatic N) is 3. The molecule has 37 heavy (non-hydrogen) atoms. The van der Waals surface area contributed by atoms with Crippen LogP contribution in [0.1, 0.15) is 48.6 Å². The van der Waals surface area contributed by atoms with Gasteiger partial charge in [0.05, 0.1) is 5.69 Å². The fraction of sp³-hybridized carbons (Fsp3) is 0.333. The minimum Gasteiger partial charge on any atom is -0.334 e. The van der Waals surface area contributed by atoms with Gasteiger partial charge in [-0.1, -0.05) is 61.3 Å². The number of nitrogens with one attached hydrogen (secondary N) is 2. The minimum atomic E-state index is -0.267. The Morgan fingerprint density at radius 3 is 2.38 bits per heavy atom. The molecule has 2 N–H and O–H groups in total. The molecule has 0 atom stereocenters. The number of aromatic nitrogens is 2. The fourth-order valence-corrected chi connectivity index (χ4v) is 5.13. The van der Waals surface area contributed by atoms with Crippen LogP contribution in [0.3, 0.4) is 0 Å². The molecule has 7 heteroatoms. The Morgan fingerprint density at radius 2 is 1.68 bits per heavy atom. The lowest BCUT2D eigenvalue weighted by Crippen LogP contribution is -2.29. The van der Waals surface area contributed by atoms with Crippen molar-refractivity contribution in [1.29, 1.82) is 0 Å². The third-order valence-electron chi connectivity index (χ3n) is 7.05. The van der Waals surface area contributed by atoms with Crippen molar-refractivity contribution in [3.8, 4) is 11.1 Å². The molecule has 2 amide bonds. The zero-order valence-electron chi connectivity index (χ0n) is 21.6. The first kappa shape index (κ1) is 25.3. The molecule has 0 radical (unpaired) electrons. The van der Waals surface area contributed by atoms with Gasteiger partial charge in [-0.2, -0.15) is 0 Å². The molecule has 0 unspecified atom stereocenters. The van der Waals surface area contributed by atoms with Crippen molar-refractivity contribution in [1.82, 2.24) is 19.6 Å². The van der Waals surface area contributed by atoms with Crippen molar-refractivity contribution in [2.45, 2.75) is 52.6 Å². The maximum absolute atomic E-state index is 12.8. The molecule has 4 aromatic rings. The second-order valence-electron chi connectivity index (χ2n) is 9.83. The molecule has 1 fully saturated rings. The molecule has 5 rings (SSSR count). The van der Waals surface area contributed by atoms with Crippen LogP contribution < -0.4 is 10.6 Å². The molecular weight excluding hydrogens is 482 g/mol. The van der Waals surface area contributed by atoms with E-state index >= 15 is 0 Å². The number of hydrogen-bond donors (Lipinski definition) is 2. The molecule has 1 aliphatic rings. The Balaban J connectivity index is 1.36. The highest BCUT2D eigenvalue weighted by atomic mass is 35.5. The number of piperidine rings is 1. The molecule has 2 aromatic heterocycles. The lowest BCUT2D eigenvalue weighted by Gasteiger charge is -2.26. The van der Waals surface area contributed by atoms with Crippen LogP contribution in [0.15, 0.2) is 60.8 Å². The first-order chi connectivity index (χ1) is 18.0. The maximum atomic E-state index is 12.8. The first-order valence-corrected chi connectivity index (χ1v) is 13.5. The molecule has 3 heterocycles. The Labute approximate surface area is 223 Å². The van der Waals surface area contributed by atoms with Gasteiger partial charge in [-0.3, -0.25) is 14.6 Å². The number of carbonyl (C=O) groups excluding carboxylic acids is 1. The molecule has 2 aromatic carbocycles. The summed E-state index contributed by atoms with van der Waals surface area (Å²) in [6.07, 6.45) is 6.75. The predicted molar refractivity (Wildman–Crippen MR) is 151 cm³/mol. The summed E-state index contributed by atoms with van der Waals surface area (Å²) in [5.74, 6) is 0.706. The van der Waals surface area contributed by atoms with Gasteiger partial charge in [-0.05, 0) is 85.3 Å². The molecule has 1 saturated heterocycles. The molecule has 192 valence electrons. The van der Waals surface area contributed by atoms with Gasteiger partial charge in [0.15, 0.2) is 0 Å². The number of benzene rings is 2. The number of rotatable bonds is 7. The van der Waals surface area contributed by atoms with E-state index in [0.717, 1.165) is 40.1 Å². The van der Waals surface area contributed by atoms with E-state index in [1.807, 2.05) is 28.7 Å². The van der Waals surface area contributed by atoms with Gasteiger partial charge in [0.1, 0.15) is 11.5 Å². The van der Waals surface area contributed by atoms with Crippen molar-refractivity contribution in [2.75, 3.05) is 18.4 Å². The van der Waals surface area contributed by atoms with Gasteiger partial charge in [0.25, 0.3) is 0 Å². The van der Waals surface area contributed by atoms with Gasteiger partial charge in [-0.25, -0.2) is 9.78 Å². The average Bonchev–Trinajstić information content (AvgIpc) is 3.27. The van der Waals surface area contributed by atoms with Crippen molar-refractivity contribution >= 4 is 29.1 Å². The summed E-state index contributed by atoms with van der Waals surface area (Å²) < 4.78 is 2.01. The molecule has 0 saturated carbocycles. The fourth-order valence-electron chi connectivity index (χ4n) is 5.01. The second kappa shape index (κ2) is 11.4. The number of likely N-dealkylation sites (tertiary alicyclic amines) is 1. The first-order valence-electron chi connectivity index (χ1n) is 13.1. The van der Waals surface area contributed by atoms with Crippen molar-refractivity contribution < 1.29 is 4.79 Å². The van der Waals surface area contributed by atoms with Crippen LogP contribution in [0, 0.1) is 6.92 Å². The Kier molecular flexibility index (Phi) is 7.77. The minimum absolute atomic E-state index is 0.267. The van der Waals surface area contributed by atoms with Crippen LogP contribution in [-0.4, -0.2) is 33.4 Å². The summed E-state index contributed by atoms with van der Waals surface area (Å²) in [5, 5.41) is 6.66. The number of aryl methyl sites for hydroxylation is 2. The quantitative estimate of drug-likeness (QED) is 0.283. The molecule has 0 aliphatic carbocycles. The summed E-state index contributed by atoms with van der Waals surface area (Å²) in [7, 11) is 0. The highest BCUT2D eigenvalue weighted by Gasteiger charge is 2.17. The van der Waals surface area contributed by atoms with Crippen LogP contribution in [0.2, 0.25) is 5.02 Å². The number of amides is 2. The van der Waals surface area contributed by atoms with Crippen molar-refractivity contribution in [3.63, 3.8) is 0 Å². The molecule has 6 nitrogen and oxygen atoms in total. The van der Waals surface area contributed by atoms with E-state index in [0.29, 0.717) is 23.8 Å². The van der Waals surface area contributed by atoms with Gasteiger partial charge < -0.3 is 5.32 Å². The number of imidazole rings is 1. The van der Waals surface area contributed by atoms with E-state index < -0.39 is 0 Å². The largest absolute Gasteiger partial charge is 0.334 e. The van der Waals surface area contributed by atoms with Crippen LogP contribution in [0.4, 0.5) is 10.6 Å². The maximum Gasteiger partial charge on any atom is 0.320 e. The lowest BCUT2D eigenvalue weighted by molar-refractivity contribution is 0.221. The van der Waals surface area contributed by atoms with Gasteiger partial charge in [0, 0.05) is 24.3 Å². The van der Waals surface area contributed by atoms with Gasteiger partial charge in [0.2, 0.25) is 0 Å². The van der Waals surface area contributed by atoms with E-state index in [1.54, 1.807) is 0 Å². The third-order valence-corrected chi connectivity index (χ3v) is 7.30. The van der Waals surface area contributed by atoms with E-state index in [2.05, 4.69) is 65.9 Å². The normalized spacial score (nSPS) is 14.1. The number of hydrogen-bond acceptors (Lipinski definition) is 3. The summed E-state index contributed by atoms with van der Waals surface area (Å²) in [6, 6.07) is 18.2. The number of pyridine rings is 1. The van der Waals surface area contributed by atoms with Crippen LogP contribution in [0.25, 0.3) is 16.8 Å². The summed E-state index contributed by atoms with van der Waals surface area (Å²) in [4.78, 5) is 20.2. The van der Waals surface area contributed by atoms with Crippen LogP contribution in [-0.2, 0) is 19.5 Å².